The molecule has 0 aromatic carbocycles. The molecule has 1 rings (SSSR count). The van der Waals surface area contributed by atoms with Crippen LogP contribution in [0.5, 0.6) is 0 Å². The highest BCUT2D eigenvalue weighted by molar-refractivity contribution is 8.00. The summed E-state index contributed by atoms with van der Waals surface area (Å²) in [4.78, 5) is 0. The van der Waals surface area contributed by atoms with Gasteiger partial charge in [-0.15, -0.1) is 0 Å². The van der Waals surface area contributed by atoms with E-state index in [4.69, 9.17) is 4.74 Å². The van der Waals surface area contributed by atoms with Gasteiger partial charge in [-0.25, -0.2) is 0 Å². The fourth-order valence-electron chi connectivity index (χ4n) is 2.25. The smallest absolute Gasteiger partial charge is 0.0590 e. The Morgan fingerprint density at radius 3 is 2.60 bits per heavy atom. The molecular weight excluding hydrogens is 206 g/mol. The molecule has 90 valence electrons. The van der Waals surface area contributed by atoms with Crippen molar-refractivity contribution in [2.75, 3.05) is 32.6 Å². The first kappa shape index (κ1) is 13.3. The van der Waals surface area contributed by atoms with E-state index in [0.717, 1.165) is 26.3 Å². The van der Waals surface area contributed by atoms with Gasteiger partial charge in [0.2, 0.25) is 0 Å². The average Bonchev–Trinajstić information content (AvgIpc) is 2.30. The van der Waals surface area contributed by atoms with Crippen LogP contribution in [0.15, 0.2) is 0 Å². The summed E-state index contributed by atoms with van der Waals surface area (Å²) in [7, 11) is 0. The van der Waals surface area contributed by atoms with E-state index < -0.39 is 0 Å². The van der Waals surface area contributed by atoms with E-state index >= 15 is 0 Å². The van der Waals surface area contributed by atoms with Crippen LogP contribution in [0.1, 0.15) is 39.0 Å². The topological polar surface area (TPSA) is 21.3 Å². The van der Waals surface area contributed by atoms with Crippen LogP contribution in [0.25, 0.3) is 0 Å². The lowest BCUT2D eigenvalue weighted by atomic mass is 9.88. The van der Waals surface area contributed by atoms with Crippen LogP contribution >= 0.6 is 11.8 Å². The summed E-state index contributed by atoms with van der Waals surface area (Å²) in [5.74, 6) is 0. The van der Waals surface area contributed by atoms with Crippen LogP contribution in [0.3, 0.4) is 0 Å². The van der Waals surface area contributed by atoms with Crippen molar-refractivity contribution < 1.29 is 4.74 Å². The van der Waals surface area contributed by atoms with E-state index in [2.05, 4.69) is 23.3 Å². The lowest BCUT2D eigenvalue weighted by molar-refractivity contribution is 0.148. The molecule has 0 atom stereocenters. The highest BCUT2D eigenvalue weighted by atomic mass is 32.2. The van der Waals surface area contributed by atoms with E-state index in [1.54, 1.807) is 0 Å². The minimum absolute atomic E-state index is 0.518. The molecule has 0 heterocycles. The van der Waals surface area contributed by atoms with E-state index in [1.807, 2.05) is 6.92 Å². The highest BCUT2D eigenvalue weighted by Gasteiger charge is 2.30. The standard InChI is InChI=1S/C12H25NOS/c1-3-14-10-9-13-11-12(15-2)7-5-4-6-8-12/h13H,3-11H2,1-2H3. The first-order chi connectivity index (χ1) is 7.33. The fraction of sp³-hybridized carbons (Fsp3) is 1.00. The van der Waals surface area contributed by atoms with Crippen LogP contribution in [0.2, 0.25) is 0 Å². The Kier molecular flexibility index (Phi) is 6.69. The summed E-state index contributed by atoms with van der Waals surface area (Å²) in [6, 6.07) is 0. The summed E-state index contributed by atoms with van der Waals surface area (Å²) in [6.45, 7) is 5.87. The number of rotatable bonds is 7. The molecule has 1 aliphatic rings. The van der Waals surface area contributed by atoms with Crippen molar-refractivity contribution in [1.29, 1.82) is 0 Å². The van der Waals surface area contributed by atoms with Gasteiger partial charge >= 0.3 is 0 Å². The van der Waals surface area contributed by atoms with Gasteiger partial charge in [-0.05, 0) is 26.0 Å². The third-order valence-electron chi connectivity index (χ3n) is 3.27. The predicted octanol–water partition coefficient (Wildman–Crippen LogP) is 2.68. The Morgan fingerprint density at radius 1 is 1.27 bits per heavy atom. The van der Waals surface area contributed by atoms with Crippen molar-refractivity contribution in [2.45, 2.75) is 43.8 Å². The number of nitrogens with one attached hydrogen (secondary N) is 1. The average molecular weight is 231 g/mol. The van der Waals surface area contributed by atoms with E-state index in [9.17, 15) is 0 Å². The molecular formula is C12H25NOS. The van der Waals surface area contributed by atoms with Crippen LogP contribution < -0.4 is 5.32 Å². The van der Waals surface area contributed by atoms with Crippen molar-refractivity contribution in [2.24, 2.45) is 0 Å². The number of thioether (sulfide) groups is 1. The first-order valence-electron chi connectivity index (χ1n) is 6.16. The Balaban J connectivity index is 2.15. The van der Waals surface area contributed by atoms with Crippen molar-refractivity contribution >= 4 is 11.8 Å². The summed E-state index contributed by atoms with van der Waals surface area (Å²) >= 11 is 2.05. The molecule has 0 unspecified atom stereocenters. The molecule has 0 radical (unpaired) electrons. The highest BCUT2D eigenvalue weighted by Crippen LogP contribution is 2.37. The second kappa shape index (κ2) is 7.53. The lowest BCUT2D eigenvalue weighted by Crippen LogP contribution is -2.40. The van der Waals surface area contributed by atoms with Gasteiger partial charge in [-0.1, -0.05) is 19.3 Å². The van der Waals surface area contributed by atoms with Crippen LogP contribution in [-0.2, 0) is 4.74 Å². The summed E-state index contributed by atoms with van der Waals surface area (Å²) in [5.41, 5.74) is 0. The van der Waals surface area contributed by atoms with Crippen LogP contribution in [0.4, 0.5) is 0 Å². The van der Waals surface area contributed by atoms with Gasteiger partial charge in [-0.2, -0.15) is 11.8 Å². The molecule has 0 aromatic rings. The van der Waals surface area contributed by atoms with Gasteiger partial charge < -0.3 is 10.1 Å². The number of hydrogen-bond donors (Lipinski definition) is 1. The quantitative estimate of drug-likeness (QED) is 0.681. The molecule has 0 amide bonds. The molecule has 0 aromatic heterocycles. The molecule has 0 bridgehead atoms. The Hall–Kier alpha value is 0.270. The Labute approximate surface area is 98.5 Å². The maximum Gasteiger partial charge on any atom is 0.0590 e. The van der Waals surface area contributed by atoms with E-state index in [1.165, 1.54) is 32.1 Å². The van der Waals surface area contributed by atoms with E-state index in [-0.39, 0.29) is 0 Å². The second-order valence-corrected chi connectivity index (χ2v) is 5.60. The van der Waals surface area contributed by atoms with Crippen molar-refractivity contribution in [3.8, 4) is 0 Å². The van der Waals surface area contributed by atoms with Gasteiger partial charge in [0.15, 0.2) is 0 Å². The lowest BCUT2D eigenvalue weighted by Gasteiger charge is -2.36. The Morgan fingerprint density at radius 2 is 2.00 bits per heavy atom. The zero-order chi connectivity index (χ0) is 11.0. The van der Waals surface area contributed by atoms with Crippen molar-refractivity contribution in [1.82, 2.24) is 5.32 Å². The normalized spacial score (nSPS) is 20.4. The molecule has 0 spiro atoms. The molecule has 2 nitrogen and oxygen atoms in total. The second-order valence-electron chi connectivity index (χ2n) is 4.32. The molecule has 15 heavy (non-hydrogen) atoms. The van der Waals surface area contributed by atoms with Gasteiger partial charge in [0.1, 0.15) is 0 Å². The molecule has 1 fully saturated rings. The van der Waals surface area contributed by atoms with Gasteiger partial charge in [0, 0.05) is 24.4 Å². The van der Waals surface area contributed by atoms with Crippen LogP contribution in [0, 0.1) is 0 Å². The summed E-state index contributed by atoms with van der Waals surface area (Å²) in [6.07, 6.45) is 9.28. The van der Waals surface area contributed by atoms with Gasteiger partial charge in [0.25, 0.3) is 0 Å². The zero-order valence-corrected chi connectivity index (χ0v) is 11.0. The van der Waals surface area contributed by atoms with Crippen LogP contribution in [-0.4, -0.2) is 37.3 Å². The molecule has 0 aliphatic heterocycles. The van der Waals surface area contributed by atoms with E-state index in [0.29, 0.717) is 4.75 Å². The fourth-order valence-corrected chi connectivity index (χ4v) is 3.20. The number of ether oxygens (including phenoxy) is 1. The molecule has 0 saturated heterocycles. The molecule has 1 saturated carbocycles. The molecule has 1 aliphatic carbocycles. The van der Waals surface area contributed by atoms with Crippen molar-refractivity contribution in [3.63, 3.8) is 0 Å². The number of hydrogen-bond acceptors (Lipinski definition) is 3. The largest absolute Gasteiger partial charge is 0.380 e. The summed E-state index contributed by atoms with van der Waals surface area (Å²) < 4.78 is 5.84. The monoisotopic (exact) mass is 231 g/mol. The molecule has 1 N–H and O–H groups in total. The summed E-state index contributed by atoms with van der Waals surface area (Å²) in [5, 5.41) is 3.54. The maximum atomic E-state index is 5.32. The minimum Gasteiger partial charge on any atom is -0.380 e. The first-order valence-corrected chi connectivity index (χ1v) is 7.39. The van der Waals surface area contributed by atoms with Gasteiger partial charge in [-0.3, -0.25) is 0 Å². The van der Waals surface area contributed by atoms with Gasteiger partial charge in [0.05, 0.1) is 6.61 Å². The Bertz CT molecular complexity index is 158. The third kappa shape index (κ3) is 4.75. The zero-order valence-electron chi connectivity index (χ0n) is 10.2. The minimum atomic E-state index is 0.518. The molecule has 3 heteroatoms. The predicted molar refractivity (Wildman–Crippen MR) is 68.7 cm³/mol. The third-order valence-corrected chi connectivity index (χ3v) is 4.69. The van der Waals surface area contributed by atoms with Crippen molar-refractivity contribution in [3.05, 3.63) is 0 Å². The SMILES string of the molecule is CCOCCNCC1(SC)CCCCC1. The maximum absolute atomic E-state index is 5.32.